The van der Waals surface area contributed by atoms with Gasteiger partial charge in [0, 0.05) is 35.0 Å². The van der Waals surface area contributed by atoms with Crippen LogP contribution in [0, 0.1) is 12.7 Å². The average molecular weight is 532 g/mol. The van der Waals surface area contributed by atoms with Gasteiger partial charge in [0.1, 0.15) is 18.0 Å². The maximum atomic E-state index is 14.4. The molecular weight excluding hydrogens is 487 g/mol. The van der Waals surface area contributed by atoms with Crippen molar-refractivity contribution in [3.05, 3.63) is 35.1 Å². The third-order valence-corrected chi connectivity index (χ3v) is 5.93. The Kier molecular flexibility index (Phi) is 4.09. The first kappa shape index (κ1) is 14.0. The number of aryl methyl sites for hydroxylation is 1. The Labute approximate surface area is 230 Å². The molecule has 0 saturated heterocycles. The fourth-order valence-corrected chi connectivity index (χ4v) is 3.88. The molecule has 12 heteroatoms. The van der Waals surface area contributed by atoms with E-state index in [1.165, 1.54) is 19.1 Å². The minimum absolute atomic E-state index is 0.0753. The van der Waals surface area contributed by atoms with E-state index in [0.29, 0.717) is 0 Å². The molecule has 5 rings (SSSR count). The van der Waals surface area contributed by atoms with Gasteiger partial charge in [-0.3, -0.25) is 0 Å². The van der Waals surface area contributed by atoms with Crippen LogP contribution in [-0.4, -0.2) is 83.5 Å². The van der Waals surface area contributed by atoms with E-state index in [1.807, 2.05) is 0 Å². The lowest BCUT2D eigenvalue weighted by atomic mass is 10.1. The number of nitrogens with zero attached hydrogens (tertiary/aromatic N) is 5. The van der Waals surface area contributed by atoms with E-state index in [9.17, 15) is 19.7 Å². The number of halogens is 1. The van der Waals surface area contributed by atoms with Gasteiger partial charge >= 0.3 is 0 Å². The number of hydrogen-bond donors (Lipinski definition) is 4. The Morgan fingerprint density at radius 2 is 2.17 bits per heavy atom. The van der Waals surface area contributed by atoms with Crippen LogP contribution in [0.25, 0.3) is 11.2 Å². The van der Waals surface area contributed by atoms with Crippen LogP contribution in [0.15, 0.2) is 23.4 Å². The van der Waals surface area contributed by atoms with Gasteiger partial charge in [0.05, 0.1) is 32.2 Å². The summed E-state index contributed by atoms with van der Waals surface area (Å²) >= 11 is 0.0753. The van der Waals surface area contributed by atoms with Gasteiger partial charge in [0.15, 0.2) is 22.1 Å². The molecule has 2 saturated carbocycles. The summed E-state index contributed by atoms with van der Waals surface area (Å²) in [6.45, 7) is 0.668. The van der Waals surface area contributed by atoms with Crippen molar-refractivity contribution in [3.8, 4) is 0 Å². The highest BCUT2D eigenvalue weighted by Crippen LogP contribution is 2.44. The Balaban J connectivity index is 1.73. The van der Waals surface area contributed by atoms with Crippen LogP contribution in [-0.2, 0) is 4.74 Å². The molecule has 0 radical (unpaired) electrons. The topological polar surface area (TPSA) is 138 Å². The maximum Gasteiger partial charge on any atom is 0.191 e. The molecule has 36 heavy (non-hydrogen) atoms. The van der Waals surface area contributed by atoms with Crippen molar-refractivity contribution in [2.75, 3.05) is 24.2 Å². The van der Waals surface area contributed by atoms with Gasteiger partial charge in [-0.2, -0.15) is 0 Å². The molecule has 3 aromatic rings. The summed E-state index contributed by atoms with van der Waals surface area (Å²) in [5, 5.41) is 40.6. The quantitative estimate of drug-likeness (QED) is 0.227. The predicted molar refractivity (Wildman–Crippen MR) is 133 cm³/mol. The molecule has 2 aromatic heterocycles. The first-order valence-electron chi connectivity index (χ1n) is 17.2. The van der Waals surface area contributed by atoms with Gasteiger partial charge in [0.2, 0.25) is 0 Å². The number of anilines is 1. The van der Waals surface area contributed by atoms with Crippen molar-refractivity contribution in [1.29, 1.82) is 0 Å². The van der Waals surface area contributed by atoms with E-state index >= 15 is 0 Å². The Morgan fingerprint density at radius 3 is 2.92 bits per heavy atom. The lowest BCUT2D eigenvalue weighted by molar-refractivity contribution is -0.0629. The standard InChI is InChI=1S/C24H31FN6O4S/c1-3-8-36-24-27-22(26-16-10-14(16)13-5-4-12(2)15(25)9-13)19-23(28-24)31(30-29-19)17-11-18(35-7-6-32)21(34)20(17)33/h4-5,9,14,16-18,20-21,32-34H,3,6-8,10-11H2,1-2H3,(H,26,27,28)/t14-,16+,17+,18-,20-,21+/m0/s1/i3D2,8D2,10D2,11D2,16D,17D,18D,20D,21D. The van der Waals surface area contributed by atoms with Crippen LogP contribution < -0.4 is 5.32 Å². The van der Waals surface area contributed by atoms with E-state index < -0.39 is 102 Å². The SMILES string of the molecule is [2H]C([2H])(C)C([2H])([2H])Sc1nc(N[C@@]2([2H])[C@H](c3ccc(C)c(F)c3)C2([2H])[2H])c2nnn([C@]3([2H])C([2H])([2H])[C@]([2H])(OCCO)[C@@]([2H])(O)[C@@]3([2H])O)c2n1. The fraction of sp³-hybridized carbons (Fsp3) is 0.583. The molecule has 194 valence electrons. The fourth-order valence-electron chi connectivity index (χ4n) is 3.41. The zero-order valence-electron chi connectivity index (χ0n) is 32.0. The first-order chi connectivity index (χ1) is 22.1. The van der Waals surface area contributed by atoms with Gasteiger partial charge in [-0.05, 0) is 36.9 Å². The summed E-state index contributed by atoms with van der Waals surface area (Å²) in [7, 11) is 0. The van der Waals surface area contributed by atoms with Crippen LogP contribution in [0.3, 0.4) is 0 Å². The van der Waals surface area contributed by atoms with Gasteiger partial charge < -0.3 is 25.4 Å². The van der Waals surface area contributed by atoms with E-state index in [1.54, 1.807) is 0 Å². The van der Waals surface area contributed by atoms with Crippen molar-refractivity contribution in [3.63, 3.8) is 0 Å². The third-order valence-electron chi connectivity index (χ3n) is 5.26. The summed E-state index contributed by atoms with van der Waals surface area (Å²) in [6.07, 6.45) is -20.4. The van der Waals surface area contributed by atoms with Crippen molar-refractivity contribution < 1.29 is 42.3 Å². The van der Waals surface area contributed by atoms with E-state index in [-0.39, 0.29) is 27.6 Å². The normalized spacial score (nSPS) is 46.7. The van der Waals surface area contributed by atoms with Gasteiger partial charge in [-0.25, -0.2) is 19.0 Å². The van der Waals surface area contributed by atoms with Crippen molar-refractivity contribution in [2.24, 2.45) is 0 Å². The Morgan fingerprint density at radius 1 is 1.33 bits per heavy atom. The zero-order valence-corrected chi connectivity index (χ0v) is 19.8. The molecule has 0 bridgehead atoms. The summed E-state index contributed by atoms with van der Waals surface area (Å²) in [6, 6.07) is -2.22. The molecule has 2 aliphatic carbocycles. The number of aliphatic hydroxyl groups excluding tert-OH is 1. The molecule has 1 aromatic carbocycles. The second-order valence-electron chi connectivity index (χ2n) is 7.68. The maximum absolute atomic E-state index is 14.4. The van der Waals surface area contributed by atoms with Gasteiger partial charge in [-0.15, -0.1) is 5.10 Å². The monoisotopic (exact) mass is 531 g/mol. The second kappa shape index (κ2) is 10.5. The minimum atomic E-state index is -4.03. The van der Waals surface area contributed by atoms with Crippen molar-refractivity contribution in [2.45, 2.75) is 74.3 Å². The highest BCUT2D eigenvalue weighted by molar-refractivity contribution is 7.99. The van der Waals surface area contributed by atoms with Crippen molar-refractivity contribution >= 4 is 28.7 Å². The summed E-state index contributed by atoms with van der Waals surface area (Å²) in [5.74, 6) is -2.59. The van der Waals surface area contributed by atoms with E-state index in [0.717, 1.165) is 13.0 Å². The highest BCUT2D eigenvalue weighted by Gasteiger charge is 2.45. The number of benzene rings is 1. The lowest BCUT2D eigenvalue weighted by Crippen LogP contribution is -2.33. The lowest BCUT2D eigenvalue weighted by Gasteiger charge is -2.17. The molecule has 10 nitrogen and oxygen atoms in total. The van der Waals surface area contributed by atoms with Crippen LogP contribution >= 0.6 is 11.8 Å². The molecule has 4 N–H and O–H groups in total. The van der Waals surface area contributed by atoms with E-state index in [4.69, 9.17) is 22.6 Å². The number of thioether (sulfide) groups is 1. The molecule has 0 amide bonds. The van der Waals surface area contributed by atoms with Crippen molar-refractivity contribution in [1.82, 2.24) is 25.0 Å². The van der Waals surface area contributed by atoms with Gasteiger partial charge in [-0.1, -0.05) is 36.0 Å². The molecule has 2 aliphatic rings. The number of hydrogen-bond acceptors (Lipinski definition) is 10. The number of nitrogens with one attached hydrogen (secondary N) is 1. The number of aromatic nitrogens is 5. The predicted octanol–water partition coefficient (Wildman–Crippen LogP) is 2.18. The number of aliphatic hydroxyl groups is 3. The molecule has 2 heterocycles. The largest absolute Gasteiger partial charge is 0.394 e. The molecule has 6 atom stereocenters. The van der Waals surface area contributed by atoms with Crippen LogP contribution in [0.2, 0.25) is 0 Å². The van der Waals surface area contributed by atoms with Crippen LogP contribution in [0.4, 0.5) is 10.2 Å². The van der Waals surface area contributed by atoms with Crippen LogP contribution in [0.1, 0.15) is 66.9 Å². The minimum Gasteiger partial charge on any atom is -0.394 e. The summed E-state index contributed by atoms with van der Waals surface area (Å²) in [5.41, 5.74) is -3.85. The average Bonchev–Trinajstić information content (AvgIpc) is 3.20. The Hall–Kier alpha value is -2.38. The smallest absolute Gasteiger partial charge is 0.191 e. The van der Waals surface area contributed by atoms with Crippen LogP contribution in [0.5, 0.6) is 0 Å². The second-order valence-corrected chi connectivity index (χ2v) is 8.45. The molecule has 0 unspecified atom stereocenters. The number of rotatable bonds is 10. The summed E-state index contributed by atoms with van der Waals surface area (Å²) in [4.78, 5) is 8.13. The highest BCUT2D eigenvalue weighted by atomic mass is 32.2. The molecule has 2 fully saturated rings. The third kappa shape index (κ3) is 4.92. The number of fused-ring (bicyclic) bond motifs is 1. The summed E-state index contributed by atoms with van der Waals surface area (Å²) < 4.78 is 130. The molecule has 0 spiro atoms. The van der Waals surface area contributed by atoms with Gasteiger partial charge in [0.25, 0.3) is 0 Å². The molecular formula is C24H31FN6O4S. The van der Waals surface area contributed by atoms with E-state index in [2.05, 4.69) is 25.6 Å². The zero-order chi connectivity index (χ0) is 37.2. The first-order valence-corrected chi connectivity index (χ1v) is 11.5. The Bertz CT molecular complexity index is 1820. The molecule has 0 aliphatic heterocycles. The number of ether oxygens (including phenoxy) is 1.